The van der Waals surface area contributed by atoms with Gasteiger partial charge in [0, 0.05) is 67.1 Å². The van der Waals surface area contributed by atoms with Gasteiger partial charge in [-0.2, -0.15) is 0 Å². The van der Waals surface area contributed by atoms with Gasteiger partial charge in [-0.15, -0.1) is 0 Å². The zero-order valence-corrected chi connectivity index (χ0v) is 18.3. The molecule has 2 aromatic rings. The van der Waals surface area contributed by atoms with Crippen molar-refractivity contribution >= 4 is 23.4 Å². The van der Waals surface area contributed by atoms with Gasteiger partial charge in [-0.1, -0.05) is 24.2 Å². The Bertz CT molecular complexity index is 1490. The number of carbonyl (C=O) groups excluding carboxylic acids is 3. The second-order valence-corrected chi connectivity index (χ2v) is 8.21. The van der Waals surface area contributed by atoms with Crippen LogP contribution in [0.25, 0.3) is 0 Å². The maximum absolute atomic E-state index is 15.7. The zero-order valence-electron chi connectivity index (χ0n) is 25.3. The summed E-state index contributed by atoms with van der Waals surface area (Å²) in [5.74, 6) is -3.32. The molecule has 8 nitrogen and oxygen atoms in total. The van der Waals surface area contributed by atoms with E-state index in [1.165, 1.54) is 0 Å². The lowest BCUT2D eigenvalue weighted by atomic mass is 10.0. The minimum absolute atomic E-state index is 0.0380. The number of morpholine rings is 1. The first-order valence-corrected chi connectivity index (χ1v) is 11.0. The van der Waals surface area contributed by atoms with Crippen molar-refractivity contribution in [3.8, 4) is 0 Å². The average Bonchev–Trinajstić information content (AvgIpc) is 3.30. The molecule has 178 valence electrons. The first kappa shape index (κ1) is 15.6. The molecule has 0 aromatic heterocycles. The molecule has 34 heavy (non-hydrogen) atoms. The lowest BCUT2D eigenvalue weighted by molar-refractivity contribution is -0.136. The van der Waals surface area contributed by atoms with Crippen LogP contribution in [-0.4, -0.2) is 59.8 Å². The quantitative estimate of drug-likeness (QED) is 0.624. The van der Waals surface area contributed by atoms with Gasteiger partial charge in [0.1, 0.15) is 11.8 Å². The summed E-state index contributed by atoms with van der Waals surface area (Å²) in [7, 11) is 0. The van der Waals surface area contributed by atoms with E-state index >= 15 is 4.39 Å². The molecule has 0 aliphatic carbocycles. The number of ether oxygens (including phenoxy) is 1. The normalized spacial score (nSPS) is 26.0. The number of nitrogens with zero attached hydrogens (tertiary/aromatic N) is 2. The number of nitrogens with one attached hydrogen (secondary N) is 2. The van der Waals surface area contributed by atoms with E-state index in [0.717, 1.165) is 4.90 Å². The van der Waals surface area contributed by atoms with Crippen molar-refractivity contribution in [2.45, 2.75) is 38.5 Å². The predicted molar refractivity (Wildman–Crippen MR) is 122 cm³/mol. The molecule has 9 heteroatoms. The molecule has 0 spiro atoms. The Balaban J connectivity index is 1.50. The van der Waals surface area contributed by atoms with Gasteiger partial charge < -0.3 is 15.0 Å². The summed E-state index contributed by atoms with van der Waals surface area (Å²) < 4.78 is 79.5. The van der Waals surface area contributed by atoms with E-state index in [0.29, 0.717) is 26.3 Å². The standard InChI is InChI=1S/C25H27FN4O4/c26-23-16(3-1-4-17(23)14-29-9-11-34-12-10-29)13-27-20-6-2-5-18-19(20)15-30(25(18)33)21-7-8-22(31)28-24(21)32/h1-6,21,27H,7-15H2,(H,28,31,32)/i1D,2D,3D,4D,5D,6D,21D. The Morgan fingerprint density at radius 3 is 2.71 bits per heavy atom. The molecule has 3 heterocycles. The number of fused-ring (bicyclic) bond motifs is 1. The second kappa shape index (κ2) is 9.52. The van der Waals surface area contributed by atoms with Gasteiger partial charge in [0.2, 0.25) is 11.8 Å². The molecule has 2 aromatic carbocycles. The van der Waals surface area contributed by atoms with Crippen molar-refractivity contribution in [3.63, 3.8) is 0 Å². The van der Waals surface area contributed by atoms with E-state index in [9.17, 15) is 14.4 Å². The number of piperidine rings is 1. The SMILES string of the molecule is [2H]c1c([2H])c(CNc2c([2H])c([2H])c([2H])c3c2CN(C2([2H])CCC(=O)NC2=O)C3=O)c(F)c(CN2CCOCC2)c1[2H]. The predicted octanol–water partition coefficient (Wildman–Crippen LogP) is 2.03. The van der Waals surface area contributed by atoms with Gasteiger partial charge in [0.15, 0.2) is 0 Å². The highest BCUT2D eigenvalue weighted by Crippen LogP contribution is 2.32. The molecular weight excluding hydrogens is 439 g/mol. The molecule has 3 aliphatic rings. The maximum atomic E-state index is 15.7. The van der Waals surface area contributed by atoms with Gasteiger partial charge in [0.05, 0.1) is 22.8 Å². The topological polar surface area (TPSA) is 91.0 Å². The third kappa shape index (κ3) is 4.41. The molecule has 1 unspecified atom stereocenters. The molecule has 1 atom stereocenters. The van der Waals surface area contributed by atoms with Crippen molar-refractivity contribution in [1.29, 1.82) is 0 Å². The summed E-state index contributed by atoms with van der Waals surface area (Å²) in [6, 6.07) is -5.20. The Morgan fingerprint density at radius 2 is 1.91 bits per heavy atom. The number of hydrogen-bond acceptors (Lipinski definition) is 6. The van der Waals surface area contributed by atoms with Crippen LogP contribution in [0, 0.1) is 5.82 Å². The summed E-state index contributed by atoms with van der Waals surface area (Å²) in [5.41, 5.74) is -0.637. The molecule has 2 saturated heterocycles. The Morgan fingerprint density at radius 1 is 1.15 bits per heavy atom. The average molecular weight is 474 g/mol. The number of hydrogen-bond donors (Lipinski definition) is 2. The van der Waals surface area contributed by atoms with Crippen LogP contribution in [-0.2, 0) is 34.0 Å². The number of halogens is 1. The number of imide groups is 1. The minimum Gasteiger partial charge on any atom is -0.381 e. The third-order valence-electron chi connectivity index (χ3n) is 6.07. The van der Waals surface area contributed by atoms with E-state index in [1.54, 1.807) is 0 Å². The summed E-state index contributed by atoms with van der Waals surface area (Å²) >= 11 is 0. The van der Waals surface area contributed by atoms with Gasteiger partial charge in [0.25, 0.3) is 5.91 Å². The van der Waals surface area contributed by atoms with E-state index in [-0.39, 0.29) is 53.9 Å². The number of rotatable bonds is 6. The van der Waals surface area contributed by atoms with Crippen LogP contribution in [0.5, 0.6) is 0 Å². The number of carbonyl (C=O) groups is 3. The van der Waals surface area contributed by atoms with Crippen molar-refractivity contribution < 1.29 is 33.1 Å². The van der Waals surface area contributed by atoms with Crippen molar-refractivity contribution in [2.24, 2.45) is 0 Å². The highest BCUT2D eigenvalue weighted by molar-refractivity contribution is 6.06. The lowest BCUT2D eigenvalue weighted by Gasteiger charge is -2.29. The fraction of sp³-hybridized carbons (Fsp3) is 0.400. The van der Waals surface area contributed by atoms with E-state index < -0.39 is 72.4 Å². The third-order valence-corrected chi connectivity index (χ3v) is 6.07. The largest absolute Gasteiger partial charge is 0.381 e. The van der Waals surface area contributed by atoms with Crippen LogP contribution in [0.15, 0.2) is 36.3 Å². The van der Waals surface area contributed by atoms with Crippen LogP contribution >= 0.6 is 0 Å². The Labute approximate surface area is 206 Å². The summed E-state index contributed by atoms with van der Waals surface area (Å²) in [6.07, 6.45) is -0.457. The van der Waals surface area contributed by atoms with Crippen LogP contribution in [0.2, 0.25) is 0 Å². The number of anilines is 1. The fourth-order valence-electron chi connectivity index (χ4n) is 4.24. The van der Waals surface area contributed by atoms with E-state index in [2.05, 4.69) is 5.32 Å². The Hall–Kier alpha value is -3.30. The summed E-state index contributed by atoms with van der Waals surface area (Å²) in [4.78, 5) is 40.3. The lowest BCUT2D eigenvalue weighted by Crippen LogP contribution is -2.52. The number of amides is 3. The van der Waals surface area contributed by atoms with Gasteiger partial charge >= 0.3 is 0 Å². The Kier molecular flexibility index (Phi) is 4.36. The maximum Gasteiger partial charge on any atom is 0.255 e. The monoisotopic (exact) mass is 473 g/mol. The highest BCUT2D eigenvalue weighted by Gasteiger charge is 2.39. The second-order valence-electron chi connectivity index (χ2n) is 8.21. The zero-order chi connectivity index (χ0) is 29.8. The van der Waals surface area contributed by atoms with Crippen LogP contribution in [0.3, 0.4) is 0 Å². The van der Waals surface area contributed by atoms with Crippen molar-refractivity contribution in [3.05, 3.63) is 64.3 Å². The first-order chi connectivity index (χ1) is 19.4. The smallest absolute Gasteiger partial charge is 0.255 e. The van der Waals surface area contributed by atoms with Crippen LogP contribution < -0.4 is 10.6 Å². The van der Waals surface area contributed by atoms with Gasteiger partial charge in [-0.3, -0.25) is 24.6 Å². The molecule has 0 saturated carbocycles. The van der Waals surface area contributed by atoms with E-state index in [4.69, 9.17) is 14.3 Å². The van der Waals surface area contributed by atoms with Gasteiger partial charge in [-0.05, 0) is 18.5 Å². The molecule has 3 aliphatic heterocycles. The number of benzene rings is 2. The van der Waals surface area contributed by atoms with Crippen molar-refractivity contribution in [1.82, 2.24) is 15.1 Å². The summed E-state index contributed by atoms with van der Waals surface area (Å²) in [6.45, 7) is 1.13. The highest BCUT2D eigenvalue weighted by atomic mass is 19.1. The minimum atomic E-state index is -2.16. The molecule has 3 amide bonds. The molecule has 0 radical (unpaired) electrons. The van der Waals surface area contributed by atoms with Gasteiger partial charge in [-0.25, -0.2) is 4.39 Å². The molecule has 2 N–H and O–H groups in total. The molecule has 5 rings (SSSR count). The fourth-order valence-corrected chi connectivity index (χ4v) is 4.24. The van der Waals surface area contributed by atoms with Crippen molar-refractivity contribution in [2.75, 3.05) is 31.6 Å². The summed E-state index contributed by atoms with van der Waals surface area (Å²) in [5, 5.41) is 4.86. The molecular formula is C25H27FN4O4. The van der Waals surface area contributed by atoms with E-state index in [1.807, 2.05) is 10.2 Å². The first-order valence-electron chi connectivity index (χ1n) is 14.5. The van der Waals surface area contributed by atoms with Crippen LogP contribution in [0.1, 0.15) is 49.5 Å². The van der Waals surface area contributed by atoms with Crippen LogP contribution in [0.4, 0.5) is 10.1 Å². The molecule has 0 bridgehead atoms. The molecule has 2 fully saturated rings.